The van der Waals surface area contributed by atoms with Gasteiger partial charge in [0, 0.05) is 30.3 Å². The Morgan fingerprint density at radius 3 is 2.83 bits per heavy atom. The van der Waals surface area contributed by atoms with Gasteiger partial charge in [-0.1, -0.05) is 17.7 Å². The lowest BCUT2D eigenvalue weighted by Gasteiger charge is -2.32. The number of piperidine rings is 1. The summed E-state index contributed by atoms with van der Waals surface area (Å²) in [7, 11) is 1.59. The van der Waals surface area contributed by atoms with Crippen LogP contribution in [-0.4, -0.2) is 55.5 Å². The van der Waals surface area contributed by atoms with E-state index in [1.165, 1.54) is 6.07 Å². The third-order valence-electron chi connectivity index (χ3n) is 4.30. The predicted octanol–water partition coefficient (Wildman–Crippen LogP) is 2.43. The van der Waals surface area contributed by atoms with E-state index in [0.29, 0.717) is 36.2 Å². The highest BCUT2D eigenvalue weighted by molar-refractivity contribution is 6.31. The molecule has 1 unspecified atom stereocenters. The Labute approximate surface area is 142 Å². The number of ether oxygens (including phenoxy) is 1. The largest absolute Gasteiger partial charge is 0.391 e. The third-order valence-corrected chi connectivity index (χ3v) is 4.65. The fourth-order valence-corrected chi connectivity index (χ4v) is 3.15. The van der Waals surface area contributed by atoms with E-state index < -0.39 is 6.10 Å². The minimum absolute atomic E-state index is 0.232. The fourth-order valence-electron chi connectivity index (χ4n) is 2.93. The van der Waals surface area contributed by atoms with Crippen molar-refractivity contribution in [1.82, 2.24) is 10.2 Å². The van der Waals surface area contributed by atoms with Crippen LogP contribution in [0.3, 0.4) is 0 Å². The quantitative estimate of drug-likeness (QED) is 0.760. The van der Waals surface area contributed by atoms with Crippen LogP contribution in [-0.2, 0) is 11.3 Å². The zero-order valence-corrected chi connectivity index (χ0v) is 14.4. The van der Waals surface area contributed by atoms with Crippen molar-refractivity contribution >= 4 is 11.6 Å². The van der Waals surface area contributed by atoms with E-state index in [0.717, 1.165) is 32.5 Å². The van der Waals surface area contributed by atoms with Gasteiger partial charge in [-0.3, -0.25) is 4.90 Å². The van der Waals surface area contributed by atoms with Gasteiger partial charge in [-0.05, 0) is 51.0 Å². The molecule has 0 radical (unpaired) electrons. The van der Waals surface area contributed by atoms with E-state index >= 15 is 0 Å². The van der Waals surface area contributed by atoms with E-state index in [2.05, 4.69) is 10.2 Å². The summed E-state index contributed by atoms with van der Waals surface area (Å²) in [5.41, 5.74) is 0.586. The number of aliphatic hydroxyl groups excluding tert-OH is 1. The summed E-state index contributed by atoms with van der Waals surface area (Å²) in [5.74, 6) is -0.232. The molecule has 1 heterocycles. The van der Waals surface area contributed by atoms with Crippen LogP contribution < -0.4 is 5.32 Å². The molecule has 1 atom stereocenters. The molecule has 1 aliphatic heterocycles. The first-order valence-electron chi connectivity index (χ1n) is 8.15. The number of methoxy groups -OCH3 is 1. The molecular formula is C17H26ClFN2O2. The Morgan fingerprint density at radius 2 is 2.17 bits per heavy atom. The van der Waals surface area contributed by atoms with Crippen LogP contribution in [0, 0.1) is 5.82 Å². The molecule has 0 amide bonds. The van der Waals surface area contributed by atoms with Crippen LogP contribution in [0.5, 0.6) is 0 Å². The van der Waals surface area contributed by atoms with E-state index in [1.54, 1.807) is 19.2 Å². The lowest BCUT2D eigenvalue weighted by Crippen LogP contribution is -2.43. The van der Waals surface area contributed by atoms with Crippen LogP contribution in [0.2, 0.25) is 5.02 Å². The number of likely N-dealkylation sites (tertiary alicyclic amines) is 1. The number of hydrogen-bond donors (Lipinski definition) is 2. The molecule has 1 aromatic carbocycles. The molecule has 1 saturated heterocycles. The van der Waals surface area contributed by atoms with Crippen LogP contribution in [0.15, 0.2) is 18.2 Å². The van der Waals surface area contributed by atoms with Gasteiger partial charge in [0.05, 0.1) is 12.7 Å². The summed E-state index contributed by atoms with van der Waals surface area (Å²) in [4.78, 5) is 2.24. The van der Waals surface area contributed by atoms with Gasteiger partial charge in [0.2, 0.25) is 0 Å². The molecule has 4 nitrogen and oxygen atoms in total. The second-order valence-electron chi connectivity index (χ2n) is 6.10. The highest BCUT2D eigenvalue weighted by Crippen LogP contribution is 2.22. The first kappa shape index (κ1) is 18.6. The summed E-state index contributed by atoms with van der Waals surface area (Å²) in [6.45, 7) is 3.56. The number of benzene rings is 1. The molecule has 1 fully saturated rings. The molecule has 2 rings (SSSR count). The van der Waals surface area contributed by atoms with E-state index in [4.69, 9.17) is 16.3 Å². The number of halogens is 2. The average Bonchev–Trinajstić information content (AvgIpc) is 2.53. The molecule has 1 aliphatic rings. The monoisotopic (exact) mass is 344 g/mol. The zero-order valence-electron chi connectivity index (χ0n) is 13.6. The number of nitrogens with one attached hydrogen (secondary N) is 1. The first-order chi connectivity index (χ1) is 11.1. The fraction of sp³-hybridized carbons (Fsp3) is 0.647. The molecule has 6 heteroatoms. The third kappa shape index (κ3) is 6.01. The number of aliphatic hydroxyl groups is 1. The smallest absolute Gasteiger partial charge is 0.129 e. The Kier molecular flexibility index (Phi) is 7.73. The van der Waals surface area contributed by atoms with Gasteiger partial charge >= 0.3 is 0 Å². The summed E-state index contributed by atoms with van der Waals surface area (Å²) >= 11 is 6.09. The lowest BCUT2D eigenvalue weighted by atomic mass is 10.0. The minimum atomic E-state index is -0.407. The molecular weight excluding hydrogens is 319 g/mol. The topological polar surface area (TPSA) is 44.7 Å². The average molecular weight is 345 g/mol. The summed E-state index contributed by atoms with van der Waals surface area (Å²) in [6, 6.07) is 5.28. The first-order valence-corrected chi connectivity index (χ1v) is 8.53. The maximum atomic E-state index is 13.8. The van der Waals surface area contributed by atoms with Gasteiger partial charge in [-0.2, -0.15) is 0 Å². The van der Waals surface area contributed by atoms with Gasteiger partial charge in [0.1, 0.15) is 5.82 Å². The van der Waals surface area contributed by atoms with Crippen molar-refractivity contribution in [2.24, 2.45) is 0 Å². The molecule has 0 saturated carbocycles. The maximum absolute atomic E-state index is 13.8. The molecule has 0 spiro atoms. The van der Waals surface area contributed by atoms with Crippen molar-refractivity contribution in [1.29, 1.82) is 0 Å². The van der Waals surface area contributed by atoms with Crippen molar-refractivity contribution in [3.63, 3.8) is 0 Å². The Hall–Kier alpha value is -0.720. The normalized spacial score (nSPS) is 18.3. The van der Waals surface area contributed by atoms with Gasteiger partial charge < -0.3 is 15.2 Å². The second kappa shape index (κ2) is 9.55. The van der Waals surface area contributed by atoms with E-state index in [-0.39, 0.29) is 5.82 Å². The minimum Gasteiger partial charge on any atom is -0.391 e. The molecule has 2 N–H and O–H groups in total. The number of hydrogen-bond acceptors (Lipinski definition) is 4. The van der Waals surface area contributed by atoms with Crippen molar-refractivity contribution in [2.45, 2.75) is 38.0 Å². The van der Waals surface area contributed by atoms with Crippen molar-refractivity contribution < 1.29 is 14.2 Å². The maximum Gasteiger partial charge on any atom is 0.129 e. The Bertz CT molecular complexity index is 461. The lowest BCUT2D eigenvalue weighted by molar-refractivity contribution is 0.0583. The van der Waals surface area contributed by atoms with Crippen molar-refractivity contribution in [3.05, 3.63) is 34.6 Å². The summed E-state index contributed by atoms with van der Waals surface area (Å²) < 4.78 is 18.7. The molecule has 1 aromatic rings. The van der Waals surface area contributed by atoms with Crippen LogP contribution in [0.25, 0.3) is 0 Å². The van der Waals surface area contributed by atoms with Crippen molar-refractivity contribution in [3.8, 4) is 0 Å². The van der Waals surface area contributed by atoms with E-state index in [9.17, 15) is 9.50 Å². The van der Waals surface area contributed by atoms with Crippen LogP contribution in [0.4, 0.5) is 4.39 Å². The van der Waals surface area contributed by atoms with Crippen LogP contribution >= 0.6 is 11.6 Å². The zero-order chi connectivity index (χ0) is 16.7. The molecule has 23 heavy (non-hydrogen) atoms. The second-order valence-corrected chi connectivity index (χ2v) is 6.51. The van der Waals surface area contributed by atoms with Gasteiger partial charge in [-0.15, -0.1) is 0 Å². The van der Waals surface area contributed by atoms with Gasteiger partial charge in [0.25, 0.3) is 0 Å². The SMILES string of the molecule is COCC(O)CCNC1CCN(Cc2c(F)cccc2Cl)CC1. The molecule has 0 aromatic heterocycles. The Balaban J connectivity index is 1.70. The molecule has 130 valence electrons. The summed E-state index contributed by atoms with van der Waals surface area (Å²) in [6.07, 6.45) is 2.33. The molecule has 0 aliphatic carbocycles. The standard InChI is InChI=1S/C17H26ClFN2O2/c1-23-12-14(22)5-8-20-13-6-9-21(10-7-13)11-15-16(18)3-2-4-17(15)19/h2-4,13-14,20,22H,5-12H2,1H3. The highest BCUT2D eigenvalue weighted by atomic mass is 35.5. The number of rotatable bonds is 8. The van der Waals surface area contributed by atoms with Gasteiger partial charge in [0.15, 0.2) is 0 Å². The van der Waals surface area contributed by atoms with Crippen molar-refractivity contribution in [2.75, 3.05) is 33.4 Å². The highest BCUT2D eigenvalue weighted by Gasteiger charge is 2.20. The van der Waals surface area contributed by atoms with Crippen LogP contribution in [0.1, 0.15) is 24.8 Å². The Morgan fingerprint density at radius 1 is 1.43 bits per heavy atom. The van der Waals surface area contributed by atoms with E-state index in [1.807, 2.05) is 0 Å². The molecule has 0 bridgehead atoms. The van der Waals surface area contributed by atoms with Gasteiger partial charge in [-0.25, -0.2) is 4.39 Å². The summed E-state index contributed by atoms with van der Waals surface area (Å²) in [5, 5.41) is 13.6. The predicted molar refractivity (Wildman–Crippen MR) is 90.2 cm³/mol. The number of nitrogens with zero attached hydrogens (tertiary/aromatic N) is 1.